The Morgan fingerprint density at radius 1 is 1.26 bits per heavy atom. The molecule has 1 saturated heterocycles. The highest BCUT2D eigenvalue weighted by molar-refractivity contribution is 5.84. The molecule has 1 aliphatic carbocycles. The molecule has 19 heavy (non-hydrogen) atoms. The van der Waals surface area contributed by atoms with E-state index in [9.17, 15) is 4.79 Å². The third kappa shape index (κ3) is 2.54. The fourth-order valence-electron chi connectivity index (χ4n) is 3.76. The largest absolute Gasteiger partial charge is 0.342 e. The quantitative estimate of drug-likeness (QED) is 0.848. The van der Waals surface area contributed by atoms with E-state index in [1.54, 1.807) is 0 Å². The van der Waals surface area contributed by atoms with Crippen molar-refractivity contribution in [2.45, 2.75) is 47.5 Å². The zero-order chi connectivity index (χ0) is 14.3. The molecule has 0 radical (unpaired) electrons. The van der Waals surface area contributed by atoms with Crippen molar-refractivity contribution in [2.24, 2.45) is 22.7 Å². The Kier molecular flexibility index (Phi) is 3.97. The number of nitrogens with zero attached hydrogens (tertiary/aromatic N) is 1. The van der Waals surface area contributed by atoms with Crippen molar-refractivity contribution in [3.8, 4) is 0 Å². The zero-order valence-electron chi connectivity index (χ0n) is 13.3. The van der Waals surface area contributed by atoms with Gasteiger partial charge in [-0.05, 0) is 49.6 Å². The molecule has 1 atom stereocenters. The minimum atomic E-state index is 0.155. The number of amides is 1. The molecule has 1 aliphatic heterocycles. The van der Waals surface area contributed by atoms with Gasteiger partial charge in [-0.3, -0.25) is 4.79 Å². The van der Waals surface area contributed by atoms with Gasteiger partial charge in [-0.2, -0.15) is 0 Å². The van der Waals surface area contributed by atoms with Crippen LogP contribution in [0.3, 0.4) is 0 Å². The van der Waals surface area contributed by atoms with E-state index >= 15 is 0 Å². The second-order valence-corrected chi connectivity index (χ2v) is 7.47. The molecule has 1 saturated carbocycles. The number of carbonyl (C=O) groups is 1. The first-order valence-corrected chi connectivity index (χ1v) is 7.82. The van der Waals surface area contributed by atoms with E-state index in [1.165, 1.54) is 12.8 Å². The first-order valence-electron chi connectivity index (χ1n) is 7.82. The first-order chi connectivity index (χ1) is 8.82. The first kappa shape index (κ1) is 14.8. The van der Waals surface area contributed by atoms with Crippen molar-refractivity contribution < 1.29 is 4.79 Å². The van der Waals surface area contributed by atoms with Crippen LogP contribution in [0.15, 0.2) is 0 Å². The Balaban J connectivity index is 1.96. The number of nitrogens with one attached hydrogen (secondary N) is 1. The van der Waals surface area contributed by atoms with E-state index in [2.05, 4.69) is 44.8 Å². The second-order valence-electron chi connectivity index (χ2n) is 7.47. The van der Waals surface area contributed by atoms with Gasteiger partial charge in [0.25, 0.3) is 0 Å². The number of rotatable bonds is 4. The van der Waals surface area contributed by atoms with Crippen molar-refractivity contribution in [3.05, 3.63) is 0 Å². The van der Waals surface area contributed by atoms with Crippen molar-refractivity contribution >= 4 is 5.91 Å². The van der Waals surface area contributed by atoms with Crippen LogP contribution in [0, 0.1) is 22.7 Å². The Hall–Kier alpha value is -0.570. The third-order valence-corrected chi connectivity index (χ3v) is 5.84. The fourth-order valence-corrected chi connectivity index (χ4v) is 3.76. The fraction of sp³-hybridized carbons (Fsp3) is 0.938. The molecule has 0 aromatic carbocycles. The summed E-state index contributed by atoms with van der Waals surface area (Å²) in [5.74, 6) is 1.22. The Morgan fingerprint density at radius 3 is 2.32 bits per heavy atom. The van der Waals surface area contributed by atoms with Gasteiger partial charge in [0.1, 0.15) is 0 Å². The molecule has 2 rings (SSSR count). The molecule has 0 spiro atoms. The van der Waals surface area contributed by atoms with Crippen LogP contribution in [0.25, 0.3) is 0 Å². The summed E-state index contributed by atoms with van der Waals surface area (Å²) in [4.78, 5) is 14.8. The SMILES string of the molecule is CCN(CC1CCCNC1)C(=O)C1C(C)(C)C1(C)C. The third-order valence-electron chi connectivity index (χ3n) is 5.84. The van der Waals surface area contributed by atoms with Crippen LogP contribution in [0.2, 0.25) is 0 Å². The topological polar surface area (TPSA) is 32.3 Å². The highest BCUT2D eigenvalue weighted by Gasteiger charge is 2.68. The second kappa shape index (κ2) is 5.08. The standard InChI is InChI=1S/C16H30N2O/c1-6-18(11-12-8-7-9-17-10-12)14(19)13-15(2,3)16(13,4)5/h12-13,17H,6-11H2,1-5H3. The van der Waals surface area contributed by atoms with Gasteiger partial charge in [0, 0.05) is 19.0 Å². The lowest BCUT2D eigenvalue weighted by Crippen LogP contribution is -2.42. The Bertz CT molecular complexity index is 329. The molecular formula is C16H30N2O. The summed E-state index contributed by atoms with van der Waals surface area (Å²) < 4.78 is 0. The highest BCUT2D eigenvalue weighted by atomic mass is 16.2. The number of carbonyl (C=O) groups excluding carboxylic acids is 1. The summed E-state index contributed by atoms with van der Waals surface area (Å²) in [5, 5.41) is 3.44. The van der Waals surface area contributed by atoms with Gasteiger partial charge in [-0.1, -0.05) is 27.7 Å². The van der Waals surface area contributed by atoms with Crippen molar-refractivity contribution in [1.82, 2.24) is 10.2 Å². The maximum atomic E-state index is 12.7. The van der Waals surface area contributed by atoms with Crippen molar-refractivity contribution in [3.63, 3.8) is 0 Å². The van der Waals surface area contributed by atoms with Crippen LogP contribution in [-0.4, -0.2) is 37.0 Å². The molecule has 1 amide bonds. The summed E-state index contributed by atoms with van der Waals surface area (Å²) >= 11 is 0. The Labute approximate surface area is 118 Å². The van der Waals surface area contributed by atoms with Crippen LogP contribution in [-0.2, 0) is 4.79 Å². The summed E-state index contributed by atoms with van der Waals surface area (Å²) in [6.07, 6.45) is 2.51. The van der Waals surface area contributed by atoms with Gasteiger partial charge >= 0.3 is 0 Å². The smallest absolute Gasteiger partial charge is 0.226 e. The highest BCUT2D eigenvalue weighted by Crippen LogP contribution is 2.68. The molecule has 3 heteroatoms. The van der Waals surface area contributed by atoms with Crippen LogP contribution in [0.5, 0.6) is 0 Å². The number of hydrogen-bond acceptors (Lipinski definition) is 2. The molecule has 2 fully saturated rings. The predicted molar refractivity (Wildman–Crippen MR) is 78.9 cm³/mol. The normalized spacial score (nSPS) is 29.0. The summed E-state index contributed by atoms with van der Waals surface area (Å²) in [5.41, 5.74) is 0.310. The van der Waals surface area contributed by atoms with Crippen LogP contribution >= 0.6 is 0 Å². The van der Waals surface area contributed by atoms with Gasteiger partial charge in [0.2, 0.25) is 5.91 Å². The molecular weight excluding hydrogens is 236 g/mol. The van der Waals surface area contributed by atoms with E-state index in [0.29, 0.717) is 11.8 Å². The maximum absolute atomic E-state index is 12.7. The number of piperidine rings is 1. The van der Waals surface area contributed by atoms with E-state index < -0.39 is 0 Å². The van der Waals surface area contributed by atoms with Crippen LogP contribution in [0.4, 0.5) is 0 Å². The average molecular weight is 266 g/mol. The molecule has 2 aliphatic rings. The van der Waals surface area contributed by atoms with Gasteiger partial charge in [0.15, 0.2) is 0 Å². The maximum Gasteiger partial charge on any atom is 0.226 e. The minimum Gasteiger partial charge on any atom is -0.342 e. The monoisotopic (exact) mass is 266 g/mol. The van der Waals surface area contributed by atoms with Gasteiger partial charge in [-0.15, -0.1) is 0 Å². The van der Waals surface area contributed by atoms with E-state index in [0.717, 1.165) is 26.2 Å². The lowest BCUT2D eigenvalue weighted by molar-refractivity contribution is -0.134. The predicted octanol–water partition coefficient (Wildman–Crippen LogP) is 2.52. The van der Waals surface area contributed by atoms with Gasteiger partial charge < -0.3 is 10.2 Å². The summed E-state index contributed by atoms with van der Waals surface area (Å²) in [6.45, 7) is 15.0. The van der Waals surface area contributed by atoms with Gasteiger partial charge in [0.05, 0.1) is 0 Å². The lowest BCUT2D eigenvalue weighted by Gasteiger charge is -2.30. The molecule has 1 heterocycles. The Morgan fingerprint density at radius 2 is 1.89 bits per heavy atom. The number of hydrogen-bond donors (Lipinski definition) is 1. The van der Waals surface area contributed by atoms with Crippen molar-refractivity contribution in [2.75, 3.05) is 26.2 Å². The summed E-state index contributed by atoms with van der Waals surface area (Å²) in [6, 6.07) is 0. The molecule has 0 aromatic heterocycles. The van der Waals surface area contributed by atoms with E-state index in [4.69, 9.17) is 0 Å². The van der Waals surface area contributed by atoms with E-state index in [-0.39, 0.29) is 16.7 Å². The molecule has 0 aromatic rings. The zero-order valence-corrected chi connectivity index (χ0v) is 13.3. The van der Waals surface area contributed by atoms with E-state index in [1.807, 2.05) is 0 Å². The van der Waals surface area contributed by atoms with Crippen molar-refractivity contribution in [1.29, 1.82) is 0 Å². The molecule has 0 bridgehead atoms. The molecule has 3 nitrogen and oxygen atoms in total. The van der Waals surface area contributed by atoms with Crippen LogP contribution < -0.4 is 5.32 Å². The van der Waals surface area contributed by atoms with Crippen LogP contribution in [0.1, 0.15) is 47.5 Å². The average Bonchev–Trinajstić information content (AvgIpc) is 2.77. The molecule has 110 valence electrons. The minimum absolute atomic E-state index is 0.155. The molecule has 1 N–H and O–H groups in total. The van der Waals surface area contributed by atoms with Gasteiger partial charge in [-0.25, -0.2) is 0 Å². The molecule has 1 unspecified atom stereocenters. The lowest BCUT2D eigenvalue weighted by atomic mass is 9.98. The summed E-state index contributed by atoms with van der Waals surface area (Å²) in [7, 11) is 0.